The van der Waals surface area contributed by atoms with Crippen LogP contribution in [0.25, 0.3) is 11.6 Å². The van der Waals surface area contributed by atoms with Gasteiger partial charge in [0.05, 0.1) is 7.11 Å². The molecule has 0 aromatic carbocycles. The van der Waals surface area contributed by atoms with Crippen LogP contribution in [0, 0.1) is 6.92 Å². The number of aromatic amines is 1. The van der Waals surface area contributed by atoms with Crippen molar-refractivity contribution in [3.8, 4) is 0 Å². The molecule has 0 bridgehead atoms. The quantitative estimate of drug-likeness (QED) is 0.627. The number of aryl methyl sites for hydroxylation is 1. The molecule has 3 heteroatoms. The van der Waals surface area contributed by atoms with Crippen molar-refractivity contribution in [1.29, 1.82) is 0 Å². The van der Waals surface area contributed by atoms with E-state index in [4.69, 9.17) is 4.74 Å². The molecule has 1 aliphatic rings. The van der Waals surface area contributed by atoms with Gasteiger partial charge in [0.1, 0.15) is 5.76 Å². The number of H-pyrrole nitrogens is 1. The maximum absolute atomic E-state index is 12.3. The Kier molecular flexibility index (Phi) is 7.89. The lowest BCUT2D eigenvalue weighted by Crippen LogP contribution is -2.10. The van der Waals surface area contributed by atoms with E-state index in [1.165, 1.54) is 5.57 Å². The molecule has 0 atom stereocenters. The van der Waals surface area contributed by atoms with Gasteiger partial charge in [-0.2, -0.15) is 0 Å². The topological polar surface area (TPSA) is 42.1 Å². The van der Waals surface area contributed by atoms with Gasteiger partial charge in [0.25, 0.3) is 0 Å². The molecule has 1 aromatic rings. The fraction of sp³-hybridized carbons (Fsp3) is 0.350. The molecule has 0 saturated heterocycles. The summed E-state index contributed by atoms with van der Waals surface area (Å²) in [5.41, 5.74) is 3.59. The first-order valence-corrected chi connectivity index (χ1v) is 8.13. The minimum absolute atomic E-state index is 0.00975. The predicted molar refractivity (Wildman–Crippen MR) is 99.3 cm³/mol. The van der Waals surface area contributed by atoms with Crippen molar-refractivity contribution in [3.63, 3.8) is 0 Å². The first-order chi connectivity index (χ1) is 11.1. The van der Waals surface area contributed by atoms with Crippen LogP contribution in [0.15, 0.2) is 47.5 Å². The van der Waals surface area contributed by atoms with Gasteiger partial charge in [0.15, 0.2) is 5.43 Å². The van der Waals surface area contributed by atoms with E-state index in [1.807, 2.05) is 20.8 Å². The van der Waals surface area contributed by atoms with Gasteiger partial charge in [-0.15, -0.1) is 0 Å². The second kappa shape index (κ2) is 9.67. The van der Waals surface area contributed by atoms with Crippen molar-refractivity contribution >= 4 is 11.6 Å². The van der Waals surface area contributed by atoms with Crippen LogP contribution in [0.4, 0.5) is 0 Å². The Balaban J connectivity index is 0.00000127. The second-order valence-electron chi connectivity index (χ2n) is 5.10. The first kappa shape index (κ1) is 18.8. The Morgan fingerprint density at radius 3 is 2.78 bits per heavy atom. The molecule has 0 amide bonds. The van der Waals surface area contributed by atoms with Gasteiger partial charge in [-0.1, -0.05) is 38.7 Å². The molecule has 1 aliphatic carbocycles. The van der Waals surface area contributed by atoms with Gasteiger partial charge < -0.3 is 9.72 Å². The maximum atomic E-state index is 12.3. The van der Waals surface area contributed by atoms with Crippen LogP contribution < -0.4 is 5.43 Å². The van der Waals surface area contributed by atoms with Crippen LogP contribution in [0.1, 0.15) is 50.1 Å². The fourth-order valence-corrected chi connectivity index (χ4v) is 2.32. The average Bonchev–Trinajstić information content (AvgIpc) is 2.84. The summed E-state index contributed by atoms with van der Waals surface area (Å²) >= 11 is 0. The fourth-order valence-electron chi connectivity index (χ4n) is 2.32. The van der Waals surface area contributed by atoms with Gasteiger partial charge in [-0.3, -0.25) is 4.79 Å². The maximum Gasteiger partial charge on any atom is 0.189 e. The lowest BCUT2D eigenvalue weighted by atomic mass is 10.0. The lowest BCUT2D eigenvalue weighted by molar-refractivity contribution is 0.309. The van der Waals surface area contributed by atoms with Gasteiger partial charge in [-0.25, -0.2) is 0 Å². The molecule has 0 fully saturated rings. The summed E-state index contributed by atoms with van der Waals surface area (Å²) in [5.74, 6) is 0.523. The van der Waals surface area contributed by atoms with Gasteiger partial charge in [0.2, 0.25) is 0 Å². The normalized spacial score (nSPS) is 13.8. The SMILES string of the molecule is C=C(/C=C\c1c(C)[nH]c(C2=CC=CCCC2)cc1=O)OC.CC. The number of pyridine rings is 1. The highest BCUT2D eigenvalue weighted by atomic mass is 16.5. The number of allylic oxidation sites excluding steroid dienone is 5. The van der Waals surface area contributed by atoms with Crippen molar-refractivity contribution in [1.82, 2.24) is 4.98 Å². The van der Waals surface area contributed by atoms with Crippen molar-refractivity contribution in [2.45, 2.75) is 40.0 Å². The average molecular weight is 313 g/mol. The molecule has 0 unspecified atom stereocenters. The highest BCUT2D eigenvalue weighted by Gasteiger charge is 2.08. The van der Waals surface area contributed by atoms with Crippen molar-refractivity contribution in [3.05, 3.63) is 69.9 Å². The molecule has 2 rings (SSSR count). The summed E-state index contributed by atoms with van der Waals surface area (Å²) in [6, 6.07) is 1.67. The molecule has 0 saturated carbocycles. The molecule has 1 heterocycles. The van der Waals surface area contributed by atoms with Crippen molar-refractivity contribution in [2.24, 2.45) is 0 Å². The minimum Gasteiger partial charge on any atom is -0.497 e. The van der Waals surface area contributed by atoms with Gasteiger partial charge in [-0.05, 0) is 43.9 Å². The van der Waals surface area contributed by atoms with E-state index < -0.39 is 0 Å². The molecule has 124 valence electrons. The zero-order valence-corrected chi connectivity index (χ0v) is 14.6. The van der Waals surface area contributed by atoms with E-state index in [2.05, 4.69) is 29.8 Å². The molecule has 1 N–H and O–H groups in total. The summed E-state index contributed by atoms with van der Waals surface area (Å²) in [6.45, 7) is 9.62. The number of nitrogens with one attached hydrogen (secondary N) is 1. The summed E-state index contributed by atoms with van der Waals surface area (Å²) in [6.07, 6.45) is 12.9. The van der Waals surface area contributed by atoms with Crippen LogP contribution in [0.5, 0.6) is 0 Å². The third kappa shape index (κ3) is 5.44. The van der Waals surface area contributed by atoms with E-state index in [1.54, 1.807) is 25.3 Å². The van der Waals surface area contributed by atoms with E-state index in [0.29, 0.717) is 11.3 Å². The predicted octanol–water partition coefficient (Wildman–Crippen LogP) is 5.01. The number of ether oxygens (including phenoxy) is 1. The van der Waals surface area contributed by atoms with Crippen molar-refractivity contribution in [2.75, 3.05) is 7.11 Å². The lowest BCUT2D eigenvalue weighted by Gasteiger charge is -2.09. The highest BCUT2D eigenvalue weighted by molar-refractivity contribution is 5.66. The number of hydrogen-bond donors (Lipinski definition) is 1. The monoisotopic (exact) mass is 313 g/mol. The zero-order chi connectivity index (χ0) is 17.2. The molecule has 1 aromatic heterocycles. The molecule has 0 radical (unpaired) electrons. The molecular formula is C20H27NO2. The smallest absolute Gasteiger partial charge is 0.189 e. The minimum atomic E-state index is 0.00975. The van der Waals surface area contributed by atoms with E-state index >= 15 is 0 Å². The first-order valence-electron chi connectivity index (χ1n) is 8.13. The number of methoxy groups -OCH3 is 1. The number of hydrogen-bond acceptors (Lipinski definition) is 2. The molecular weight excluding hydrogens is 286 g/mol. The van der Waals surface area contributed by atoms with Crippen LogP contribution in [0.3, 0.4) is 0 Å². The van der Waals surface area contributed by atoms with E-state index in [-0.39, 0.29) is 5.43 Å². The second-order valence-corrected chi connectivity index (χ2v) is 5.10. The summed E-state index contributed by atoms with van der Waals surface area (Å²) in [4.78, 5) is 15.6. The largest absolute Gasteiger partial charge is 0.497 e. The van der Waals surface area contributed by atoms with E-state index in [0.717, 1.165) is 30.7 Å². The van der Waals surface area contributed by atoms with Crippen LogP contribution >= 0.6 is 0 Å². The number of rotatable bonds is 4. The zero-order valence-electron chi connectivity index (χ0n) is 14.6. The summed E-state index contributed by atoms with van der Waals surface area (Å²) < 4.78 is 4.97. The standard InChI is InChI=1S/C18H21NO2.C2H6/c1-13(21-3)10-11-16-14(2)19-17(12-18(16)20)15-8-6-4-5-7-9-15;1-2/h4,6,8,10-12H,1,5,7,9H2,2-3H3,(H,19,20);1-2H3/b11-10-;. The molecule has 0 aliphatic heterocycles. The van der Waals surface area contributed by atoms with Crippen LogP contribution in [0.2, 0.25) is 0 Å². The Hall–Kier alpha value is -2.29. The van der Waals surface area contributed by atoms with Crippen molar-refractivity contribution < 1.29 is 4.74 Å². The third-order valence-electron chi connectivity index (χ3n) is 3.56. The number of aromatic nitrogens is 1. The summed E-state index contributed by atoms with van der Waals surface area (Å²) in [7, 11) is 1.55. The Morgan fingerprint density at radius 2 is 2.13 bits per heavy atom. The Labute approximate surface area is 139 Å². The van der Waals surface area contributed by atoms with E-state index in [9.17, 15) is 4.79 Å². The molecule has 3 nitrogen and oxygen atoms in total. The third-order valence-corrected chi connectivity index (χ3v) is 3.56. The highest BCUT2D eigenvalue weighted by Crippen LogP contribution is 2.22. The Morgan fingerprint density at radius 1 is 1.39 bits per heavy atom. The van der Waals surface area contributed by atoms with Crippen LogP contribution in [-0.4, -0.2) is 12.1 Å². The molecule has 0 spiro atoms. The Bertz CT molecular complexity index is 675. The summed E-state index contributed by atoms with van der Waals surface area (Å²) in [5, 5.41) is 0. The van der Waals surface area contributed by atoms with Gasteiger partial charge in [0, 0.05) is 23.0 Å². The van der Waals surface area contributed by atoms with Crippen LogP contribution in [-0.2, 0) is 4.74 Å². The molecule has 23 heavy (non-hydrogen) atoms. The van der Waals surface area contributed by atoms with Gasteiger partial charge >= 0.3 is 0 Å².